The van der Waals surface area contributed by atoms with Gasteiger partial charge in [0, 0.05) is 10.7 Å². The van der Waals surface area contributed by atoms with E-state index in [0.29, 0.717) is 10.0 Å². The molecule has 0 unspecified atom stereocenters. The Morgan fingerprint density at radius 3 is 2.94 bits per heavy atom. The molecule has 3 N–H and O–H groups in total. The fraction of sp³-hybridized carbons (Fsp3) is 0. The average molecular weight is 311 g/mol. The van der Waals surface area contributed by atoms with Gasteiger partial charge in [-0.1, -0.05) is 6.07 Å². The molecule has 1 amide bonds. The summed E-state index contributed by atoms with van der Waals surface area (Å²) in [5, 5.41) is 2.46. The zero-order valence-electron chi connectivity index (χ0n) is 9.02. The quantitative estimate of drug-likeness (QED) is 0.833. The number of anilines is 2. The maximum Gasteiger partial charge on any atom is 0.258 e. The molecule has 0 aliphatic rings. The largest absolute Gasteiger partial charge is 0.384 e. The van der Waals surface area contributed by atoms with E-state index in [2.05, 4.69) is 31.2 Å². The predicted molar refractivity (Wildman–Crippen MR) is 68.5 cm³/mol. The van der Waals surface area contributed by atoms with Crippen LogP contribution in [0, 0.1) is 5.95 Å². The third-order valence-corrected chi connectivity index (χ3v) is 2.71. The lowest BCUT2D eigenvalue weighted by atomic mass is 10.2. The number of amides is 1. The normalized spacial score (nSPS) is 10.1. The minimum Gasteiger partial charge on any atom is -0.384 e. The highest BCUT2D eigenvalue weighted by atomic mass is 79.9. The van der Waals surface area contributed by atoms with Crippen LogP contribution in [-0.2, 0) is 0 Å². The van der Waals surface area contributed by atoms with E-state index in [1.807, 2.05) is 0 Å². The molecule has 0 saturated carbocycles. The molecular formula is C11H8BrFN4O. The summed E-state index contributed by atoms with van der Waals surface area (Å²) < 4.78 is 13.4. The zero-order chi connectivity index (χ0) is 13.1. The number of hydrogen-bond acceptors (Lipinski definition) is 4. The summed E-state index contributed by atoms with van der Waals surface area (Å²) in [5.41, 5.74) is 5.79. The fourth-order valence-electron chi connectivity index (χ4n) is 1.29. The summed E-state index contributed by atoms with van der Waals surface area (Å²) >= 11 is 3.19. The first-order chi connectivity index (χ1) is 8.56. The van der Waals surface area contributed by atoms with Gasteiger partial charge in [-0.25, -0.2) is 9.97 Å². The number of nitrogens with two attached hydrogens (primary N) is 1. The van der Waals surface area contributed by atoms with Gasteiger partial charge in [-0.05, 0) is 34.1 Å². The van der Waals surface area contributed by atoms with E-state index in [0.717, 1.165) is 0 Å². The number of aromatic nitrogens is 2. The van der Waals surface area contributed by atoms with Gasteiger partial charge in [-0.2, -0.15) is 4.39 Å². The Bertz CT molecular complexity index is 605. The van der Waals surface area contributed by atoms with Crippen LogP contribution < -0.4 is 11.1 Å². The van der Waals surface area contributed by atoms with Crippen molar-refractivity contribution in [3.05, 3.63) is 46.4 Å². The highest BCUT2D eigenvalue weighted by Gasteiger charge is 2.12. The van der Waals surface area contributed by atoms with E-state index < -0.39 is 11.9 Å². The number of nitrogens with one attached hydrogen (secondary N) is 1. The Hall–Kier alpha value is -2.02. The third kappa shape index (κ3) is 2.80. The van der Waals surface area contributed by atoms with Gasteiger partial charge >= 0.3 is 0 Å². The number of pyridine rings is 2. The molecule has 92 valence electrons. The molecule has 2 rings (SSSR count). The van der Waals surface area contributed by atoms with Crippen molar-refractivity contribution in [2.75, 3.05) is 11.1 Å². The topological polar surface area (TPSA) is 80.9 Å². The molecule has 0 spiro atoms. The number of nitrogen functional groups attached to an aromatic ring is 1. The van der Waals surface area contributed by atoms with Gasteiger partial charge in [0.1, 0.15) is 11.6 Å². The number of carbonyl (C=O) groups excluding carboxylic acids is 1. The summed E-state index contributed by atoms with van der Waals surface area (Å²) in [7, 11) is 0. The van der Waals surface area contributed by atoms with Crippen LogP contribution in [0.25, 0.3) is 0 Å². The first-order valence-corrected chi connectivity index (χ1v) is 5.70. The Morgan fingerprint density at radius 1 is 1.44 bits per heavy atom. The van der Waals surface area contributed by atoms with E-state index >= 15 is 0 Å². The van der Waals surface area contributed by atoms with E-state index in [-0.39, 0.29) is 11.6 Å². The van der Waals surface area contributed by atoms with E-state index in [1.165, 1.54) is 30.5 Å². The Balaban J connectivity index is 2.24. The summed E-state index contributed by atoms with van der Waals surface area (Å²) in [4.78, 5) is 19.3. The van der Waals surface area contributed by atoms with Crippen LogP contribution in [0.3, 0.4) is 0 Å². The van der Waals surface area contributed by atoms with Crippen LogP contribution in [-0.4, -0.2) is 15.9 Å². The molecule has 0 atom stereocenters. The summed E-state index contributed by atoms with van der Waals surface area (Å²) in [6.45, 7) is 0. The monoisotopic (exact) mass is 310 g/mol. The van der Waals surface area contributed by atoms with E-state index in [1.54, 1.807) is 0 Å². The van der Waals surface area contributed by atoms with Crippen molar-refractivity contribution in [3.8, 4) is 0 Å². The molecule has 7 heteroatoms. The van der Waals surface area contributed by atoms with Crippen LogP contribution in [0.1, 0.15) is 10.4 Å². The Morgan fingerprint density at radius 2 is 2.22 bits per heavy atom. The molecular weight excluding hydrogens is 303 g/mol. The highest BCUT2D eigenvalue weighted by molar-refractivity contribution is 9.10. The number of hydrogen-bond donors (Lipinski definition) is 2. The van der Waals surface area contributed by atoms with Crippen molar-refractivity contribution < 1.29 is 9.18 Å². The molecule has 2 heterocycles. The standard InChI is InChI=1S/C11H8BrFN4O/c12-7-5-15-9(14)4-6(7)11(18)17-10-3-1-2-8(13)16-10/h1-5H,(H2,14,15)(H,16,17,18). The molecule has 5 nitrogen and oxygen atoms in total. The number of nitrogens with zero attached hydrogens (tertiary/aromatic N) is 2. The predicted octanol–water partition coefficient (Wildman–Crippen LogP) is 2.21. The number of rotatable bonds is 2. The Labute approximate surface area is 110 Å². The molecule has 0 aromatic carbocycles. The minimum absolute atomic E-state index is 0.127. The van der Waals surface area contributed by atoms with Crippen LogP contribution in [0.15, 0.2) is 34.9 Å². The molecule has 2 aromatic rings. The van der Waals surface area contributed by atoms with Gasteiger partial charge in [0.15, 0.2) is 0 Å². The summed E-state index contributed by atoms with van der Waals surface area (Å²) in [6, 6.07) is 5.54. The van der Waals surface area contributed by atoms with Crippen molar-refractivity contribution in [3.63, 3.8) is 0 Å². The second-order valence-electron chi connectivity index (χ2n) is 3.39. The van der Waals surface area contributed by atoms with Crippen molar-refractivity contribution in [1.29, 1.82) is 0 Å². The zero-order valence-corrected chi connectivity index (χ0v) is 10.6. The van der Waals surface area contributed by atoms with E-state index in [9.17, 15) is 9.18 Å². The fourth-order valence-corrected chi connectivity index (χ4v) is 1.69. The number of halogens is 2. The van der Waals surface area contributed by atoms with Crippen LogP contribution in [0.5, 0.6) is 0 Å². The lowest BCUT2D eigenvalue weighted by Gasteiger charge is -2.06. The molecule has 0 fully saturated rings. The Kier molecular flexibility index (Phi) is 3.52. The molecule has 2 aromatic heterocycles. The second-order valence-corrected chi connectivity index (χ2v) is 4.24. The van der Waals surface area contributed by atoms with Crippen LogP contribution in [0.2, 0.25) is 0 Å². The first kappa shape index (κ1) is 12.4. The molecule has 0 aliphatic carbocycles. The van der Waals surface area contributed by atoms with Crippen LogP contribution >= 0.6 is 15.9 Å². The lowest BCUT2D eigenvalue weighted by Crippen LogP contribution is -2.14. The molecule has 0 saturated heterocycles. The van der Waals surface area contributed by atoms with Crippen LogP contribution in [0.4, 0.5) is 16.0 Å². The highest BCUT2D eigenvalue weighted by Crippen LogP contribution is 2.18. The maximum absolute atomic E-state index is 12.9. The third-order valence-electron chi connectivity index (χ3n) is 2.08. The van der Waals surface area contributed by atoms with Crippen molar-refractivity contribution in [2.24, 2.45) is 0 Å². The summed E-state index contributed by atoms with van der Waals surface area (Å²) in [6.07, 6.45) is 1.42. The molecule has 0 bridgehead atoms. The van der Waals surface area contributed by atoms with E-state index in [4.69, 9.17) is 5.73 Å². The van der Waals surface area contributed by atoms with Gasteiger partial charge < -0.3 is 11.1 Å². The smallest absolute Gasteiger partial charge is 0.258 e. The van der Waals surface area contributed by atoms with Gasteiger partial charge in [-0.15, -0.1) is 0 Å². The van der Waals surface area contributed by atoms with Crippen molar-refractivity contribution in [1.82, 2.24) is 9.97 Å². The second kappa shape index (κ2) is 5.09. The van der Waals surface area contributed by atoms with Crippen molar-refractivity contribution in [2.45, 2.75) is 0 Å². The molecule has 0 radical (unpaired) electrons. The van der Waals surface area contributed by atoms with Gasteiger partial charge in [0.25, 0.3) is 5.91 Å². The molecule has 18 heavy (non-hydrogen) atoms. The SMILES string of the molecule is Nc1cc(C(=O)Nc2cccc(F)n2)c(Br)cn1. The van der Waals surface area contributed by atoms with Crippen molar-refractivity contribution >= 4 is 33.5 Å². The van der Waals surface area contributed by atoms with Gasteiger partial charge in [-0.3, -0.25) is 4.79 Å². The minimum atomic E-state index is -0.666. The van der Waals surface area contributed by atoms with Gasteiger partial charge in [0.05, 0.1) is 5.56 Å². The first-order valence-electron chi connectivity index (χ1n) is 4.91. The van der Waals surface area contributed by atoms with Gasteiger partial charge in [0.2, 0.25) is 5.95 Å². The maximum atomic E-state index is 12.9. The average Bonchev–Trinajstić information content (AvgIpc) is 2.32. The summed E-state index contributed by atoms with van der Waals surface area (Å²) in [5.74, 6) is -0.770. The lowest BCUT2D eigenvalue weighted by molar-refractivity contribution is 0.102. The number of carbonyl (C=O) groups is 1. The molecule has 0 aliphatic heterocycles.